The first kappa shape index (κ1) is 12.0. The first-order chi connectivity index (χ1) is 7.80. The fraction of sp³-hybridized carbons (Fsp3) is 1.00. The molecule has 1 unspecified atom stereocenters. The average molecular weight is 238 g/mol. The molecule has 2 bridgehead atoms. The molecule has 3 aliphatic carbocycles. The van der Waals surface area contributed by atoms with Gasteiger partial charge in [-0.1, -0.05) is 20.8 Å². The Bertz CT molecular complexity index is 338. The summed E-state index contributed by atoms with van der Waals surface area (Å²) in [6, 6.07) is 0. The highest BCUT2D eigenvalue weighted by Gasteiger charge is 2.64. The topological polar surface area (TPSA) is 40.5 Å². The van der Waals surface area contributed by atoms with E-state index >= 15 is 0 Å². The number of aliphatic hydroxyl groups is 2. The standard InChI is InChI=1S/C15H26O2/c1-13(2)8-12(17)15-7-5-11(16)14(3,9-15)6-4-10(13)15/h10-12,16-17H,4-9H2,1-3H3/t10?,11-,12+,14-,15+/m1/s1. The number of aliphatic hydroxyl groups excluding tert-OH is 2. The zero-order valence-corrected chi connectivity index (χ0v) is 11.4. The van der Waals surface area contributed by atoms with Crippen LogP contribution < -0.4 is 0 Å². The monoisotopic (exact) mass is 238 g/mol. The summed E-state index contributed by atoms with van der Waals surface area (Å²) < 4.78 is 0. The van der Waals surface area contributed by atoms with E-state index in [-0.39, 0.29) is 28.5 Å². The Morgan fingerprint density at radius 2 is 1.65 bits per heavy atom. The number of hydrogen-bond acceptors (Lipinski definition) is 2. The minimum Gasteiger partial charge on any atom is -0.393 e. The van der Waals surface area contributed by atoms with Crippen LogP contribution in [0, 0.1) is 22.2 Å². The van der Waals surface area contributed by atoms with Crippen molar-refractivity contribution in [3.05, 3.63) is 0 Å². The van der Waals surface area contributed by atoms with Crippen LogP contribution in [0.2, 0.25) is 0 Å². The summed E-state index contributed by atoms with van der Waals surface area (Å²) >= 11 is 0. The third-order valence-corrected chi connectivity index (χ3v) is 6.45. The van der Waals surface area contributed by atoms with Crippen LogP contribution in [-0.4, -0.2) is 22.4 Å². The van der Waals surface area contributed by atoms with Crippen LogP contribution in [0.4, 0.5) is 0 Å². The normalized spacial score (nSPS) is 56.6. The third kappa shape index (κ3) is 1.40. The molecular weight excluding hydrogens is 212 g/mol. The molecule has 1 spiro atoms. The van der Waals surface area contributed by atoms with Crippen LogP contribution in [0.5, 0.6) is 0 Å². The maximum absolute atomic E-state index is 10.6. The van der Waals surface area contributed by atoms with E-state index in [0.29, 0.717) is 5.92 Å². The molecule has 2 N–H and O–H groups in total. The van der Waals surface area contributed by atoms with Crippen molar-refractivity contribution in [2.45, 2.75) is 71.5 Å². The highest BCUT2D eigenvalue weighted by molar-refractivity contribution is 5.14. The minimum absolute atomic E-state index is 0.0656. The lowest BCUT2D eigenvalue weighted by molar-refractivity contribution is -0.144. The lowest BCUT2D eigenvalue weighted by atomic mass is 9.49. The quantitative estimate of drug-likeness (QED) is 0.681. The van der Waals surface area contributed by atoms with Gasteiger partial charge in [0, 0.05) is 5.41 Å². The molecule has 2 heteroatoms. The molecule has 0 aromatic carbocycles. The molecule has 3 saturated carbocycles. The van der Waals surface area contributed by atoms with Crippen LogP contribution in [0.25, 0.3) is 0 Å². The second-order valence-electron chi connectivity index (χ2n) is 7.92. The zero-order valence-electron chi connectivity index (χ0n) is 11.4. The summed E-state index contributed by atoms with van der Waals surface area (Å²) in [7, 11) is 0. The van der Waals surface area contributed by atoms with Crippen molar-refractivity contribution in [3.8, 4) is 0 Å². The van der Waals surface area contributed by atoms with Gasteiger partial charge in [-0.05, 0) is 55.3 Å². The smallest absolute Gasteiger partial charge is 0.0604 e. The average Bonchev–Trinajstić information content (AvgIpc) is 2.41. The molecule has 98 valence electrons. The Hall–Kier alpha value is -0.0800. The van der Waals surface area contributed by atoms with E-state index in [1.807, 2.05) is 0 Å². The van der Waals surface area contributed by atoms with Gasteiger partial charge in [-0.25, -0.2) is 0 Å². The molecule has 3 rings (SSSR count). The van der Waals surface area contributed by atoms with Gasteiger partial charge in [0.05, 0.1) is 12.2 Å². The first-order valence-electron chi connectivity index (χ1n) is 7.16. The molecule has 3 aliphatic rings. The summed E-state index contributed by atoms with van der Waals surface area (Å²) in [5.74, 6) is 0.658. The third-order valence-electron chi connectivity index (χ3n) is 6.45. The Balaban J connectivity index is 2.00. The Labute approximate surface area is 104 Å². The van der Waals surface area contributed by atoms with E-state index in [2.05, 4.69) is 20.8 Å². The largest absolute Gasteiger partial charge is 0.393 e. The van der Waals surface area contributed by atoms with E-state index in [4.69, 9.17) is 0 Å². The highest BCUT2D eigenvalue weighted by Crippen LogP contribution is 2.68. The fourth-order valence-electron chi connectivity index (χ4n) is 5.56. The van der Waals surface area contributed by atoms with Gasteiger partial charge in [-0.2, -0.15) is 0 Å². The molecule has 5 atom stereocenters. The molecular formula is C15H26O2. The molecule has 0 radical (unpaired) electrons. The molecule has 0 aromatic rings. The van der Waals surface area contributed by atoms with Crippen molar-refractivity contribution in [3.63, 3.8) is 0 Å². The Morgan fingerprint density at radius 1 is 0.941 bits per heavy atom. The summed E-state index contributed by atoms with van der Waals surface area (Å²) in [6.07, 6.45) is 5.94. The van der Waals surface area contributed by atoms with Crippen molar-refractivity contribution in [1.29, 1.82) is 0 Å². The Kier molecular flexibility index (Phi) is 2.30. The van der Waals surface area contributed by atoms with Gasteiger partial charge in [0.1, 0.15) is 0 Å². The number of hydrogen-bond donors (Lipinski definition) is 2. The minimum atomic E-state index is -0.148. The second-order valence-corrected chi connectivity index (χ2v) is 7.92. The fourth-order valence-corrected chi connectivity index (χ4v) is 5.56. The van der Waals surface area contributed by atoms with Crippen molar-refractivity contribution in [2.75, 3.05) is 0 Å². The molecule has 0 aliphatic heterocycles. The van der Waals surface area contributed by atoms with Crippen LogP contribution in [-0.2, 0) is 0 Å². The van der Waals surface area contributed by atoms with Gasteiger partial charge in [0.15, 0.2) is 0 Å². The summed E-state index contributed by atoms with van der Waals surface area (Å²) in [5.41, 5.74) is 0.467. The molecule has 2 nitrogen and oxygen atoms in total. The Morgan fingerprint density at radius 3 is 2.35 bits per heavy atom. The molecule has 0 aromatic heterocycles. The van der Waals surface area contributed by atoms with Crippen LogP contribution in [0.1, 0.15) is 59.3 Å². The summed E-state index contributed by atoms with van der Waals surface area (Å²) in [6.45, 7) is 6.87. The van der Waals surface area contributed by atoms with E-state index in [1.165, 1.54) is 6.42 Å². The van der Waals surface area contributed by atoms with E-state index in [1.54, 1.807) is 0 Å². The van der Waals surface area contributed by atoms with Gasteiger partial charge in [-0.15, -0.1) is 0 Å². The van der Waals surface area contributed by atoms with E-state index in [0.717, 1.165) is 32.1 Å². The zero-order chi connectivity index (χ0) is 12.5. The van der Waals surface area contributed by atoms with E-state index in [9.17, 15) is 10.2 Å². The van der Waals surface area contributed by atoms with Crippen LogP contribution >= 0.6 is 0 Å². The predicted octanol–water partition coefficient (Wildman–Crippen LogP) is 2.72. The first-order valence-corrected chi connectivity index (χ1v) is 7.16. The molecule has 0 saturated heterocycles. The van der Waals surface area contributed by atoms with Gasteiger partial charge in [0.25, 0.3) is 0 Å². The lowest BCUT2D eigenvalue weighted by Crippen LogP contribution is -2.54. The molecule has 3 fully saturated rings. The SMILES string of the molecule is CC1(C)C[C@H](O)[C@]23CC[C@@H](O)[C@](C)(CCC12)C3. The second kappa shape index (κ2) is 3.27. The van der Waals surface area contributed by atoms with Crippen molar-refractivity contribution in [1.82, 2.24) is 0 Å². The van der Waals surface area contributed by atoms with Crippen LogP contribution in [0.3, 0.4) is 0 Å². The number of rotatable bonds is 0. The summed E-state index contributed by atoms with van der Waals surface area (Å²) in [5, 5.41) is 20.8. The van der Waals surface area contributed by atoms with Crippen molar-refractivity contribution in [2.24, 2.45) is 22.2 Å². The molecule has 0 heterocycles. The maximum Gasteiger partial charge on any atom is 0.0604 e. The molecule has 0 amide bonds. The van der Waals surface area contributed by atoms with E-state index < -0.39 is 0 Å². The predicted molar refractivity (Wildman–Crippen MR) is 67.5 cm³/mol. The van der Waals surface area contributed by atoms with Crippen molar-refractivity contribution >= 4 is 0 Å². The van der Waals surface area contributed by atoms with Gasteiger partial charge in [0.2, 0.25) is 0 Å². The van der Waals surface area contributed by atoms with Crippen LogP contribution in [0.15, 0.2) is 0 Å². The van der Waals surface area contributed by atoms with Crippen molar-refractivity contribution < 1.29 is 10.2 Å². The summed E-state index contributed by atoms with van der Waals surface area (Å²) in [4.78, 5) is 0. The highest BCUT2D eigenvalue weighted by atomic mass is 16.3. The van der Waals surface area contributed by atoms with Gasteiger partial charge < -0.3 is 10.2 Å². The number of fused-ring (bicyclic) bond motifs is 1. The molecule has 17 heavy (non-hydrogen) atoms. The maximum atomic E-state index is 10.6. The van der Waals surface area contributed by atoms with Gasteiger partial charge in [-0.3, -0.25) is 0 Å². The van der Waals surface area contributed by atoms with Gasteiger partial charge >= 0.3 is 0 Å². The lowest BCUT2D eigenvalue weighted by Gasteiger charge is -2.57.